The van der Waals surface area contributed by atoms with Gasteiger partial charge in [0.05, 0.1) is 24.5 Å². The predicted octanol–water partition coefficient (Wildman–Crippen LogP) is 5.52. The minimum Gasteiger partial charge on any atom is -0.492 e. The molecule has 0 amide bonds. The van der Waals surface area contributed by atoms with E-state index in [0.717, 1.165) is 55.1 Å². The normalized spacial score (nSPS) is 15.2. The van der Waals surface area contributed by atoms with Crippen LogP contribution in [0.25, 0.3) is 21.8 Å². The lowest BCUT2D eigenvalue weighted by atomic mass is 10.1. The van der Waals surface area contributed by atoms with Crippen molar-refractivity contribution in [3.05, 3.63) is 59.0 Å². The second kappa shape index (κ2) is 9.38. The van der Waals surface area contributed by atoms with Gasteiger partial charge in [-0.2, -0.15) is 13.2 Å². The molecule has 3 aromatic rings. The van der Waals surface area contributed by atoms with Crippen LogP contribution in [0.15, 0.2) is 48.5 Å². The van der Waals surface area contributed by atoms with E-state index in [-0.39, 0.29) is 5.56 Å². The monoisotopic (exact) mass is 448 g/mol. The molecule has 1 aliphatic heterocycles. The molecule has 1 fully saturated rings. The summed E-state index contributed by atoms with van der Waals surface area (Å²) >= 11 is 1.27. The van der Waals surface area contributed by atoms with Crippen molar-refractivity contribution in [3.8, 4) is 27.6 Å². The second-order valence-electron chi connectivity index (χ2n) is 7.29. The lowest BCUT2D eigenvalue weighted by molar-refractivity contribution is -0.137. The Morgan fingerprint density at radius 2 is 1.77 bits per heavy atom. The van der Waals surface area contributed by atoms with Crippen LogP contribution >= 0.6 is 11.3 Å². The van der Waals surface area contributed by atoms with Gasteiger partial charge in [-0.15, -0.1) is 11.3 Å². The minimum atomic E-state index is -4.42. The number of aryl methyl sites for hydroxylation is 1. The molecule has 0 N–H and O–H groups in total. The van der Waals surface area contributed by atoms with Gasteiger partial charge in [-0.1, -0.05) is 18.2 Å². The maximum Gasteiger partial charge on any atom is 0.417 e. The molecular weight excluding hydrogens is 425 g/mol. The summed E-state index contributed by atoms with van der Waals surface area (Å²) in [5.41, 5.74) is 0.985. The number of ether oxygens (including phenoxy) is 2. The van der Waals surface area contributed by atoms with Gasteiger partial charge >= 0.3 is 6.18 Å². The molecule has 1 aromatic heterocycles. The first-order chi connectivity index (χ1) is 14.9. The van der Waals surface area contributed by atoms with Crippen LogP contribution in [0.4, 0.5) is 13.2 Å². The summed E-state index contributed by atoms with van der Waals surface area (Å²) in [4.78, 5) is 7.71. The van der Waals surface area contributed by atoms with Crippen molar-refractivity contribution in [2.75, 3.05) is 39.5 Å². The third kappa shape index (κ3) is 5.26. The van der Waals surface area contributed by atoms with E-state index in [1.807, 2.05) is 31.2 Å². The van der Waals surface area contributed by atoms with Crippen molar-refractivity contribution < 1.29 is 22.6 Å². The summed E-state index contributed by atoms with van der Waals surface area (Å²) in [7, 11) is 0. The third-order valence-corrected chi connectivity index (χ3v) is 6.17. The molecule has 0 atom stereocenters. The van der Waals surface area contributed by atoms with Gasteiger partial charge in [-0.25, -0.2) is 4.98 Å². The summed E-state index contributed by atoms with van der Waals surface area (Å²) in [5, 5.41) is 0.367. The molecule has 31 heavy (non-hydrogen) atoms. The fourth-order valence-corrected chi connectivity index (χ4v) is 4.50. The summed E-state index contributed by atoms with van der Waals surface area (Å²) in [5.74, 6) is 0.757. The highest BCUT2D eigenvalue weighted by Gasteiger charge is 2.34. The van der Waals surface area contributed by atoms with Crippen LogP contribution in [-0.2, 0) is 10.9 Å². The fraction of sp³-hybridized carbons (Fsp3) is 0.348. The van der Waals surface area contributed by atoms with Crippen molar-refractivity contribution in [1.29, 1.82) is 0 Å². The lowest BCUT2D eigenvalue weighted by Crippen LogP contribution is -2.38. The Labute approximate surface area is 183 Å². The number of aromatic nitrogens is 1. The van der Waals surface area contributed by atoms with Gasteiger partial charge < -0.3 is 9.47 Å². The largest absolute Gasteiger partial charge is 0.492 e. The minimum absolute atomic E-state index is 0.109. The van der Waals surface area contributed by atoms with E-state index in [2.05, 4.69) is 9.88 Å². The van der Waals surface area contributed by atoms with E-state index in [0.29, 0.717) is 17.3 Å². The number of hydrogen-bond donors (Lipinski definition) is 0. The Morgan fingerprint density at radius 3 is 2.48 bits per heavy atom. The summed E-state index contributed by atoms with van der Waals surface area (Å²) in [6.07, 6.45) is -4.42. The highest BCUT2D eigenvalue weighted by molar-refractivity contribution is 7.15. The maximum atomic E-state index is 13.4. The topological polar surface area (TPSA) is 34.6 Å². The van der Waals surface area contributed by atoms with E-state index in [1.54, 1.807) is 6.07 Å². The van der Waals surface area contributed by atoms with Crippen LogP contribution in [0, 0.1) is 6.92 Å². The number of morpholine rings is 1. The molecular formula is C23H23F3N2O2S. The molecule has 2 heterocycles. The molecule has 8 heteroatoms. The second-order valence-corrected chi connectivity index (χ2v) is 8.50. The number of benzene rings is 2. The van der Waals surface area contributed by atoms with Crippen LogP contribution in [0.2, 0.25) is 0 Å². The number of alkyl halides is 3. The summed E-state index contributed by atoms with van der Waals surface area (Å²) in [6.45, 7) is 6.68. The van der Waals surface area contributed by atoms with E-state index < -0.39 is 11.7 Å². The highest BCUT2D eigenvalue weighted by atomic mass is 32.1. The van der Waals surface area contributed by atoms with Crippen LogP contribution < -0.4 is 4.74 Å². The van der Waals surface area contributed by atoms with Gasteiger partial charge in [0, 0.05) is 35.6 Å². The molecule has 0 bridgehead atoms. The van der Waals surface area contributed by atoms with Crippen LogP contribution in [-0.4, -0.2) is 49.3 Å². The van der Waals surface area contributed by atoms with Crippen molar-refractivity contribution in [2.45, 2.75) is 13.1 Å². The Morgan fingerprint density at radius 1 is 1.06 bits per heavy atom. The molecule has 2 aromatic carbocycles. The average molecular weight is 449 g/mol. The summed E-state index contributed by atoms with van der Waals surface area (Å²) in [6, 6.07) is 13.1. The predicted molar refractivity (Wildman–Crippen MR) is 115 cm³/mol. The van der Waals surface area contributed by atoms with Gasteiger partial charge in [0.25, 0.3) is 0 Å². The SMILES string of the molecule is Cc1sc(-c2ccccc2C(F)(F)F)nc1-c1ccc(OCCN2CCOCC2)cc1. The Balaban J connectivity index is 1.47. The molecule has 4 nitrogen and oxygen atoms in total. The molecule has 1 saturated heterocycles. The average Bonchev–Trinajstić information content (AvgIpc) is 3.16. The van der Waals surface area contributed by atoms with Gasteiger partial charge in [0.2, 0.25) is 0 Å². The quantitative estimate of drug-likeness (QED) is 0.498. The molecule has 1 aliphatic rings. The Kier molecular flexibility index (Phi) is 6.60. The van der Waals surface area contributed by atoms with Gasteiger partial charge in [0.1, 0.15) is 17.4 Å². The van der Waals surface area contributed by atoms with Gasteiger partial charge in [-0.05, 0) is 37.3 Å². The zero-order valence-electron chi connectivity index (χ0n) is 17.1. The third-order valence-electron chi connectivity index (χ3n) is 5.17. The lowest BCUT2D eigenvalue weighted by Gasteiger charge is -2.26. The van der Waals surface area contributed by atoms with E-state index in [1.165, 1.54) is 23.5 Å². The van der Waals surface area contributed by atoms with Crippen molar-refractivity contribution in [2.24, 2.45) is 0 Å². The van der Waals surface area contributed by atoms with E-state index >= 15 is 0 Å². The van der Waals surface area contributed by atoms with Gasteiger partial charge in [0.15, 0.2) is 0 Å². The first-order valence-electron chi connectivity index (χ1n) is 10.1. The molecule has 0 radical (unpaired) electrons. The van der Waals surface area contributed by atoms with Crippen LogP contribution in [0.5, 0.6) is 5.75 Å². The number of halogens is 3. The number of nitrogens with zero attached hydrogens (tertiary/aromatic N) is 2. The zero-order chi connectivity index (χ0) is 21.8. The van der Waals surface area contributed by atoms with Crippen molar-refractivity contribution >= 4 is 11.3 Å². The maximum absolute atomic E-state index is 13.4. The Hall–Kier alpha value is -2.42. The molecule has 0 aliphatic carbocycles. The fourth-order valence-electron chi connectivity index (χ4n) is 3.52. The molecule has 0 unspecified atom stereocenters. The van der Waals surface area contributed by atoms with Crippen LogP contribution in [0.3, 0.4) is 0 Å². The van der Waals surface area contributed by atoms with Gasteiger partial charge in [-0.3, -0.25) is 4.90 Å². The highest BCUT2D eigenvalue weighted by Crippen LogP contribution is 2.40. The molecule has 0 saturated carbocycles. The first-order valence-corrected chi connectivity index (χ1v) is 10.9. The van der Waals surface area contributed by atoms with Crippen LogP contribution in [0.1, 0.15) is 10.4 Å². The molecule has 4 rings (SSSR count). The van der Waals surface area contributed by atoms with Crippen molar-refractivity contribution in [3.63, 3.8) is 0 Å². The molecule has 164 valence electrons. The molecule has 0 spiro atoms. The summed E-state index contributed by atoms with van der Waals surface area (Å²) < 4.78 is 51.3. The number of thiazole rings is 1. The van der Waals surface area contributed by atoms with E-state index in [9.17, 15) is 13.2 Å². The number of hydrogen-bond acceptors (Lipinski definition) is 5. The van der Waals surface area contributed by atoms with Crippen molar-refractivity contribution in [1.82, 2.24) is 9.88 Å². The Bertz CT molecular complexity index is 1010. The standard InChI is InChI=1S/C23H23F3N2O2S/c1-16-21(27-22(31-16)19-4-2-3-5-20(19)23(24,25)26)17-6-8-18(9-7-17)30-15-12-28-10-13-29-14-11-28/h2-9H,10-15H2,1H3. The van der Waals surface area contributed by atoms with E-state index in [4.69, 9.17) is 9.47 Å². The smallest absolute Gasteiger partial charge is 0.417 e. The number of rotatable bonds is 6. The zero-order valence-corrected chi connectivity index (χ0v) is 17.9. The first kappa shape index (κ1) is 21.8.